The summed E-state index contributed by atoms with van der Waals surface area (Å²) in [6.07, 6.45) is 6.49. The first-order valence-electron chi connectivity index (χ1n) is 7.09. The van der Waals surface area contributed by atoms with Crippen LogP contribution in [0.15, 0.2) is 0 Å². The van der Waals surface area contributed by atoms with E-state index in [0.717, 1.165) is 6.54 Å². The number of hydrogen-bond acceptors (Lipinski definition) is 2. The number of rotatable bonds is 10. The Bertz CT molecular complexity index is 144. The molecule has 1 unspecified atom stereocenters. The lowest BCUT2D eigenvalue weighted by Crippen LogP contribution is -2.41. The van der Waals surface area contributed by atoms with Crippen molar-refractivity contribution in [2.75, 3.05) is 20.1 Å². The number of unbranched alkanes of at least 4 members (excludes halogenated alkanes) is 2. The summed E-state index contributed by atoms with van der Waals surface area (Å²) in [7, 11) is 2.24. The normalized spacial score (nSPS) is 13.7. The Morgan fingerprint density at radius 3 is 2.19 bits per heavy atom. The maximum Gasteiger partial charge on any atom is 0.0189 e. The molecule has 0 radical (unpaired) electrons. The van der Waals surface area contributed by atoms with Crippen molar-refractivity contribution in [2.45, 2.75) is 71.9 Å². The van der Waals surface area contributed by atoms with Crippen LogP contribution in [0.2, 0.25) is 0 Å². The minimum atomic E-state index is 0.650. The van der Waals surface area contributed by atoms with Gasteiger partial charge in [0.2, 0.25) is 0 Å². The minimum absolute atomic E-state index is 0.650. The molecule has 1 N–H and O–H groups in total. The topological polar surface area (TPSA) is 15.3 Å². The molecule has 0 fully saturated rings. The molecule has 16 heavy (non-hydrogen) atoms. The largest absolute Gasteiger partial charge is 0.312 e. The van der Waals surface area contributed by atoms with Crippen LogP contribution in [0.25, 0.3) is 0 Å². The van der Waals surface area contributed by atoms with Gasteiger partial charge in [-0.3, -0.25) is 0 Å². The van der Waals surface area contributed by atoms with Gasteiger partial charge in [0, 0.05) is 18.6 Å². The van der Waals surface area contributed by atoms with Crippen molar-refractivity contribution in [3.8, 4) is 0 Å². The zero-order valence-electron chi connectivity index (χ0n) is 12.1. The van der Waals surface area contributed by atoms with E-state index in [9.17, 15) is 0 Å². The summed E-state index contributed by atoms with van der Waals surface area (Å²) in [5.74, 6) is 0. The first-order chi connectivity index (χ1) is 7.65. The Morgan fingerprint density at radius 2 is 1.69 bits per heavy atom. The molecule has 0 heterocycles. The summed E-state index contributed by atoms with van der Waals surface area (Å²) in [6.45, 7) is 11.5. The van der Waals surface area contributed by atoms with Gasteiger partial charge in [-0.05, 0) is 39.8 Å². The van der Waals surface area contributed by atoms with Crippen molar-refractivity contribution in [2.24, 2.45) is 0 Å². The van der Waals surface area contributed by atoms with Crippen molar-refractivity contribution in [3.63, 3.8) is 0 Å². The van der Waals surface area contributed by atoms with Gasteiger partial charge >= 0.3 is 0 Å². The molecule has 0 aromatic heterocycles. The van der Waals surface area contributed by atoms with Gasteiger partial charge in [-0.1, -0.05) is 33.6 Å². The summed E-state index contributed by atoms with van der Waals surface area (Å²) < 4.78 is 0. The second-order valence-corrected chi connectivity index (χ2v) is 4.96. The van der Waals surface area contributed by atoms with Gasteiger partial charge in [-0.2, -0.15) is 0 Å². The Kier molecular flexibility index (Phi) is 10.0. The lowest BCUT2D eigenvalue weighted by Gasteiger charge is -2.27. The van der Waals surface area contributed by atoms with Crippen LogP contribution in [0.1, 0.15) is 59.8 Å². The Morgan fingerprint density at radius 1 is 1.06 bits per heavy atom. The van der Waals surface area contributed by atoms with E-state index in [0.29, 0.717) is 12.1 Å². The van der Waals surface area contributed by atoms with Crippen LogP contribution in [-0.2, 0) is 0 Å². The fourth-order valence-corrected chi connectivity index (χ4v) is 1.90. The van der Waals surface area contributed by atoms with E-state index in [2.05, 4.69) is 45.0 Å². The summed E-state index contributed by atoms with van der Waals surface area (Å²) in [5, 5.41) is 3.65. The predicted molar refractivity (Wildman–Crippen MR) is 74.0 cm³/mol. The van der Waals surface area contributed by atoms with Gasteiger partial charge in [0.25, 0.3) is 0 Å². The monoisotopic (exact) mass is 228 g/mol. The number of nitrogens with one attached hydrogen (secondary N) is 1. The second kappa shape index (κ2) is 10.1. The summed E-state index contributed by atoms with van der Waals surface area (Å²) >= 11 is 0. The summed E-state index contributed by atoms with van der Waals surface area (Å²) in [5.41, 5.74) is 0. The van der Waals surface area contributed by atoms with E-state index in [1.807, 2.05) is 0 Å². The SMILES string of the molecule is CCCCCN(C)C(C)CNC(CC)CC. The van der Waals surface area contributed by atoms with Crippen LogP contribution in [-0.4, -0.2) is 37.1 Å². The molecule has 2 heteroatoms. The van der Waals surface area contributed by atoms with Gasteiger partial charge < -0.3 is 10.2 Å². The molecular weight excluding hydrogens is 196 g/mol. The van der Waals surface area contributed by atoms with Crippen molar-refractivity contribution < 1.29 is 0 Å². The van der Waals surface area contributed by atoms with Crippen molar-refractivity contribution in [1.82, 2.24) is 10.2 Å². The maximum atomic E-state index is 3.65. The Balaban J connectivity index is 3.64. The van der Waals surface area contributed by atoms with E-state index in [-0.39, 0.29) is 0 Å². The van der Waals surface area contributed by atoms with Crippen molar-refractivity contribution in [3.05, 3.63) is 0 Å². The zero-order valence-corrected chi connectivity index (χ0v) is 12.1. The van der Waals surface area contributed by atoms with Crippen LogP contribution >= 0.6 is 0 Å². The van der Waals surface area contributed by atoms with E-state index < -0.39 is 0 Å². The van der Waals surface area contributed by atoms with Crippen LogP contribution in [0.4, 0.5) is 0 Å². The number of hydrogen-bond donors (Lipinski definition) is 1. The molecular formula is C14H32N2. The summed E-state index contributed by atoms with van der Waals surface area (Å²) in [4.78, 5) is 2.48. The van der Waals surface area contributed by atoms with Gasteiger partial charge in [-0.25, -0.2) is 0 Å². The number of likely N-dealkylation sites (N-methyl/N-ethyl adjacent to an activating group) is 1. The molecule has 0 aliphatic heterocycles. The minimum Gasteiger partial charge on any atom is -0.312 e. The van der Waals surface area contributed by atoms with E-state index in [1.165, 1.54) is 38.6 Å². The fraction of sp³-hybridized carbons (Fsp3) is 1.00. The van der Waals surface area contributed by atoms with Crippen LogP contribution in [0.5, 0.6) is 0 Å². The third kappa shape index (κ3) is 7.24. The molecule has 0 rings (SSSR count). The third-order valence-electron chi connectivity index (χ3n) is 3.55. The maximum absolute atomic E-state index is 3.65. The average Bonchev–Trinajstić information content (AvgIpc) is 2.30. The highest BCUT2D eigenvalue weighted by atomic mass is 15.1. The highest BCUT2D eigenvalue weighted by molar-refractivity contribution is 4.70. The van der Waals surface area contributed by atoms with Crippen LogP contribution < -0.4 is 5.32 Å². The molecule has 0 saturated carbocycles. The smallest absolute Gasteiger partial charge is 0.0189 e. The molecule has 0 spiro atoms. The highest BCUT2D eigenvalue weighted by Gasteiger charge is 2.10. The van der Waals surface area contributed by atoms with E-state index >= 15 is 0 Å². The number of nitrogens with zero attached hydrogens (tertiary/aromatic N) is 1. The molecule has 0 bridgehead atoms. The van der Waals surface area contributed by atoms with E-state index in [1.54, 1.807) is 0 Å². The van der Waals surface area contributed by atoms with Crippen molar-refractivity contribution in [1.29, 1.82) is 0 Å². The Hall–Kier alpha value is -0.0800. The second-order valence-electron chi connectivity index (χ2n) is 4.96. The lowest BCUT2D eigenvalue weighted by molar-refractivity contribution is 0.238. The first kappa shape index (κ1) is 15.9. The van der Waals surface area contributed by atoms with E-state index in [4.69, 9.17) is 0 Å². The molecule has 0 aliphatic carbocycles. The fourth-order valence-electron chi connectivity index (χ4n) is 1.90. The standard InChI is InChI=1S/C14H32N2/c1-6-9-10-11-16(5)13(4)12-15-14(7-2)8-3/h13-15H,6-12H2,1-5H3. The van der Waals surface area contributed by atoms with Gasteiger partial charge in [0.1, 0.15) is 0 Å². The average molecular weight is 228 g/mol. The molecule has 0 aliphatic rings. The zero-order chi connectivity index (χ0) is 12.4. The molecule has 2 nitrogen and oxygen atoms in total. The molecule has 0 aromatic carbocycles. The first-order valence-corrected chi connectivity index (χ1v) is 7.09. The van der Waals surface area contributed by atoms with Crippen LogP contribution in [0, 0.1) is 0 Å². The summed E-state index contributed by atoms with van der Waals surface area (Å²) in [6, 6.07) is 1.35. The molecule has 0 saturated heterocycles. The molecule has 1 atom stereocenters. The Labute approximate surface area is 103 Å². The molecule has 0 aromatic rings. The quantitative estimate of drug-likeness (QED) is 0.577. The predicted octanol–water partition coefficient (Wildman–Crippen LogP) is 3.28. The van der Waals surface area contributed by atoms with Gasteiger partial charge in [0.15, 0.2) is 0 Å². The lowest BCUT2D eigenvalue weighted by atomic mass is 10.1. The van der Waals surface area contributed by atoms with Crippen LogP contribution in [0.3, 0.4) is 0 Å². The third-order valence-corrected chi connectivity index (χ3v) is 3.55. The van der Waals surface area contributed by atoms with Gasteiger partial charge in [0.05, 0.1) is 0 Å². The highest BCUT2D eigenvalue weighted by Crippen LogP contribution is 2.02. The molecule has 0 amide bonds. The molecule has 98 valence electrons. The van der Waals surface area contributed by atoms with Crippen molar-refractivity contribution >= 4 is 0 Å². The van der Waals surface area contributed by atoms with Gasteiger partial charge in [-0.15, -0.1) is 0 Å².